The smallest absolute Gasteiger partial charge is 0.309 e. The molecular weight excluding hydrogens is 309 g/mol. The zero-order valence-corrected chi connectivity index (χ0v) is 13.8. The van der Waals surface area contributed by atoms with Crippen molar-refractivity contribution >= 4 is 11.8 Å². The van der Waals surface area contributed by atoms with Crippen LogP contribution in [0, 0.1) is 29.0 Å². The fourth-order valence-corrected chi connectivity index (χ4v) is 3.51. The number of rotatable bonds is 7. The third kappa shape index (κ3) is 4.64. The van der Waals surface area contributed by atoms with Crippen LogP contribution >= 0.6 is 0 Å². The van der Waals surface area contributed by atoms with Gasteiger partial charge in [0.25, 0.3) is 0 Å². The Morgan fingerprint density at radius 2 is 2.00 bits per heavy atom. The topological polar surface area (TPSA) is 67.2 Å². The minimum Gasteiger partial charge on any atom is -0.466 e. The Kier molecular flexibility index (Phi) is 6.48. The average Bonchev–Trinajstić information content (AvgIpc) is 2.98. The van der Waals surface area contributed by atoms with Crippen molar-refractivity contribution in [2.75, 3.05) is 6.61 Å². The van der Waals surface area contributed by atoms with Crippen molar-refractivity contribution in [1.82, 2.24) is 0 Å². The number of benzene rings is 1. The van der Waals surface area contributed by atoms with E-state index in [4.69, 9.17) is 10.00 Å². The van der Waals surface area contributed by atoms with Crippen LogP contribution in [0.15, 0.2) is 24.3 Å². The number of hydrogen-bond donors (Lipinski definition) is 0. The molecule has 0 aromatic heterocycles. The Morgan fingerprint density at radius 3 is 2.62 bits per heavy atom. The zero-order valence-electron chi connectivity index (χ0n) is 13.8. The lowest BCUT2D eigenvalue weighted by atomic mass is 9.89. The van der Waals surface area contributed by atoms with Crippen LogP contribution in [0.4, 0.5) is 4.39 Å². The van der Waals surface area contributed by atoms with Gasteiger partial charge in [-0.1, -0.05) is 12.1 Å². The van der Waals surface area contributed by atoms with Gasteiger partial charge in [-0.05, 0) is 55.7 Å². The van der Waals surface area contributed by atoms with E-state index in [-0.39, 0.29) is 41.7 Å². The number of halogens is 1. The highest BCUT2D eigenvalue weighted by molar-refractivity contribution is 5.80. The van der Waals surface area contributed by atoms with Crippen LogP contribution in [-0.2, 0) is 14.3 Å². The summed E-state index contributed by atoms with van der Waals surface area (Å²) in [5, 5.41) is 8.55. The highest BCUT2D eigenvalue weighted by atomic mass is 19.1. The van der Waals surface area contributed by atoms with E-state index < -0.39 is 0 Å². The molecule has 1 saturated carbocycles. The van der Waals surface area contributed by atoms with E-state index in [2.05, 4.69) is 0 Å². The molecule has 0 N–H and O–H groups in total. The summed E-state index contributed by atoms with van der Waals surface area (Å²) >= 11 is 0. The lowest BCUT2D eigenvalue weighted by molar-refractivity contribution is -0.148. The van der Waals surface area contributed by atoms with E-state index >= 15 is 0 Å². The summed E-state index contributed by atoms with van der Waals surface area (Å²) in [6, 6.07) is 8.11. The Balaban J connectivity index is 2.08. The minimum absolute atomic E-state index is 0.0132. The quantitative estimate of drug-likeness (QED) is 0.713. The molecule has 2 rings (SSSR count). The molecule has 0 amide bonds. The molecule has 1 aliphatic rings. The third-order valence-electron chi connectivity index (χ3n) is 4.66. The Labute approximate surface area is 141 Å². The van der Waals surface area contributed by atoms with Gasteiger partial charge in [0.15, 0.2) is 0 Å². The van der Waals surface area contributed by atoms with Crippen molar-refractivity contribution in [1.29, 1.82) is 5.26 Å². The summed E-state index contributed by atoms with van der Waals surface area (Å²) in [6.45, 7) is 2.11. The van der Waals surface area contributed by atoms with Crippen LogP contribution in [0.3, 0.4) is 0 Å². The summed E-state index contributed by atoms with van der Waals surface area (Å²) in [5.74, 6) is -0.625. The molecule has 3 atom stereocenters. The second-order valence-corrected chi connectivity index (χ2v) is 6.27. The first-order valence-corrected chi connectivity index (χ1v) is 8.35. The Morgan fingerprint density at radius 1 is 1.29 bits per heavy atom. The zero-order chi connectivity index (χ0) is 17.5. The van der Waals surface area contributed by atoms with Crippen LogP contribution < -0.4 is 0 Å². The standard InChI is InChI=1S/C19H22FNO3/c1-2-24-19(23)18-12-13(3-8-16(22)9-10-21)11-17(18)14-4-6-15(20)7-5-14/h4-7,13,17-18H,2-3,8-9,11-12H2,1H3/t13?,17-,18+/m0/s1. The van der Waals surface area contributed by atoms with Gasteiger partial charge in [-0.25, -0.2) is 4.39 Å². The first kappa shape index (κ1) is 18.1. The first-order valence-electron chi connectivity index (χ1n) is 8.35. The van der Waals surface area contributed by atoms with E-state index in [1.54, 1.807) is 19.1 Å². The van der Waals surface area contributed by atoms with Crippen LogP contribution in [0.5, 0.6) is 0 Å². The maximum absolute atomic E-state index is 13.2. The van der Waals surface area contributed by atoms with Gasteiger partial charge >= 0.3 is 5.97 Å². The number of ether oxygens (including phenoxy) is 1. The number of nitrogens with zero attached hydrogens (tertiary/aromatic N) is 1. The van der Waals surface area contributed by atoms with E-state index in [1.165, 1.54) is 12.1 Å². The normalized spacial score (nSPS) is 22.8. The Bertz CT molecular complexity index is 620. The molecule has 0 heterocycles. The van der Waals surface area contributed by atoms with Crippen LogP contribution in [-0.4, -0.2) is 18.4 Å². The summed E-state index contributed by atoms with van der Waals surface area (Å²) in [6.07, 6.45) is 2.42. The molecule has 1 unspecified atom stereocenters. The molecule has 0 saturated heterocycles. The van der Waals surface area contributed by atoms with Crippen molar-refractivity contribution in [3.8, 4) is 6.07 Å². The number of carbonyl (C=O) groups excluding carboxylic acids is 2. The molecular formula is C19H22FNO3. The average molecular weight is 331 g/mol. The second kappa shape index (κ2) is 8.58. The van der Waals surface area contributed by atoms with Gasteiger partial charge in [0.05, 0.1) is 25.0 Å². The molecule has 5 heteroatoms. The van der Waals surface area contributed by atoms with Gasteiger partial charge in [-0.15, -0.1) is 0 Å². The molecule has 0 radical (unpaired) electrons. The molecule has 4 nitrogen and oxygen atoms in total. The highest BCUT2D eigenvalue weighted by Gasteiger charge is 2.40. The summed E-state index contributed by atoms with van der Waals surface area (Å²) in [4.78, 5) is 23.8. The van der Waals surface area contributed by atoms with E-state index in [0.29, 0.717) is 25.9 Å². The number of carbonyl (C=O) groups is 2. The predicted octanol–water partition coefficient (Wildman–Crippen LogP) is 3.76. The van der Waals surface area contributed by atoms with E-state index in [9.17, 15) is 14.0 Å². The fourth-order valence-electron chi connectivity index (χ4n) is 3.51. The SMILES string of the molecule is CCOC(=O)[C@@H]1CC(CCC(=O)CC#N)C[C@H]1c1ccc(F)cc1. The van der Waals surface area contributed by atoms with Gasteiger partial charge < -0.3 is 4.74 Å². The van der Waals surface area contributed by atoms with Crippen LogP contribution in [0.25, 0.3) is 0 Å². The summed E-state index contributed by atoms with van der Waals surface area (Å²) in [5.41, 5.74) is 0.931. The number of Topliss-reactive ketones (excluding diaryl/α,β-unsaturated/α-hetero) is 1. The number of hydrogen-bond acceptors (Lipinski definition) is 4. The Hall–Kier alpha value is -2.22. The molecule has 1 aromatic carbocycles. The second-order valence-electron chi connectivity index (χ2n) is 6.27. The molecule has 0 spiro atoms. The van der Waals surface area contributed by atoms with Crippen molar-refractivity contribution in [2.24, 2.45) is 11.8 Å². The van der Waals surface area contributed by atoms with Gasteiger partial charge in [0.2, 0.25) is 0 Å². The summed E-state index contributed by atoms with van der Waals surface area (Å²) < 4.78 is 18.3. The number of esters is 1. The van der Waals surface area contributed by atoms with Gasteiger partial charge in [-0.2, -0.15) is 5.26 Å². The molecule has 1 aliphatic carbocycles. The molecule has 1 fully saturated rings. The monoisotopic (exact) mass is 331 g/mol. The largest absolute Gasteiger partial charge is 0.466 e. The molecule has 24 heavy (non-hydrogen) atoms. The van der Waals surface area contributed by atoms with Gasteiger partial charge in [0, 0.05) is 6.42 Å². The van der Waals surface area contributed by atoms with E-state index in [0.717, 1.165) is 12.0 Å². The fraction of sp³-hybridized carbons (Fsp3) is 0.526. The van der Waals surface area contributed by atoms with Crippen LogP contribution in [0.2, 0.25) is 0 Å². The van der Waals surface area contributed by atoms with Crippen molar-refractivity contribution in [3.63, 3.8) is 0 Å². The molecule has 128 valence electrons. The number of nitriles is 1. The number of ketones is 1. The van der Waals surface area contributed by atoms with Crippen LogP contribution in [0.1, 0.15) is 50.5 Å². The van der Waals surface area contributed by atoms with Crippen molar-refractivity contribution in [3.05, 3.63) is 35.6 Å². The van der Waals surface area contributed by atoms with Crippen molar-refractivity contribution < 1.29 is 18.7 Å². The predicted molar refractivity (Wildman–Crippen MR) is 86.5 cm³/mol. The highest BCUT2D eigenvalue weighted by Crippen LogP contribution is 2.45. The lowest BCUT2D eigenvalue weighted by Crippen LogP contribution is -2.20. The van der Waals surface area contributed by atoms with Gasteiger partial charge in [0.1, 0.15) is 11.6 Å². The molecule has 0 aliphatic heterocycles. The third-order valence-corrected chi connectivity index (χ3v) is 4.66. The maximum Gasteiger partial charge on any atom is 0.309 e. The molecule has 1 aromatic rings. The maximum atomic E-state index is 13.2. The van der Waals surface area contributed by atoms with Gasteiger partial charge in [-0.3, -0.25) is 9.59 Å². The summed E-state index contributed by atoms with van der Waals surface area (Å²) in [7, 11) is 0. The van der Waals surface area contributed by atoms with Crippen molar-refractivity contribution in [2.45, 2.75) is 44.9 Å². The van der Waals surface area contributed by atoms with E-state index in [1.807, 2.05) is 6.07 Å². The first-order chi connectivity index (χ1) is 11.5. The lowest BCUT2D eigenvalue weighted by Gasteiger charge is -2.18. The molecule has 0 bridgehead atoms. The minimum atomic E-state index is -0.303.